The van der Waals surface area contributed by atoms with E-state index in [4.69, 9.17) is 5.11 Å². The van der Waals surface area contributed by atoms with E-state index >= 15 is 0 Å². The molecule has 0 aliphatic heterocycles. The van der Waals surface area contributed by atoms with Gasteiger partial charge in [0.15, 0.2) is 0 Å². The Balaban J connectivity index is 3.30. The molecule has 1 N–H and O–H groups in total. The second-order valence-corrected chi connectivity index (χ2v) is 1.52. The summed E-state index contributed by atoms with van der Waals surface area (Å²) in [5.74, 6) is 0. The van der Waals surface area contributed by atoms with Gasteiger partial charge in [0, 0.05) is 0 Å². The molecule has 0 radical (unpaired) electrons. The topological polar surface area (TPSA) is 82.1 Å². The van der Waals surface area contributed by atoms with Crippen molar-refractivity contribution in [2.24, 2.45) is 0 Å². The number of hydrogen-bond acceptors (Lipinski definition) is 5. The first-order valence-electron chi connectivity index (χ1n) is 2.91. The minimum atomic E-state index is -1.73. The molecule has 0 aliphatic rings. The lowest BCUT2D eigenvalue weighted by molar-refractivity contribution is -0.251. The third-order valence-corrected chi connectivity index (χ3v) is 0.585. The molecule has 6 heteroatoms. The number of rotatable bonds is 3. The van der Waals surface area contributed by atoms with Crippen LogP contribution in [0.4, 0.5) is 9.59 Å². The van der Waals surface area contributed by atoms with Crippen LogP contribution in [0.2, 0.25) is 0 Å². The van der Waals surface area contributed by atoms with Crippen LogP contribution < -0.4 is 0 Å². The molecule has 0 amide bonds. The zero-order valence-corrected chi connectivity index (χ0v) is 5.90. The van der Waals surface area contributed by atoms with Crippen LogP contribution in [-0.4, -0.2) is 24.0 Å². The monoisotopic (exact) mass is 164 g/mol. The standard InChI is InChI=1S/C5H8O6/c1-2-3-9-11-5(8)10-4(6)7/h2-3H2,1H3,(H,6,7). The van der Waals surface area contributed by atoms with E-state index in [-0.39, 0.29) is 6.61 Å². The summed E-state index contributed by atoms with van der Waals surface area (Å²) in [6, 6.07) is 0. The predicted molar refractivity (Wildman–Crippen MR) is 31.8 cm³/mol. The first kappa shape index (κ1) is 9.70. The Morgan fingerprint density at radius 1 is 1.45 bits per heavy atom. The van der Waals surface area contributed by atoms with Crippen molar-refractivity contribution in [1.29, 1.82) is 0 Å². The van der Waals surface area contributed by atoms with Crippen molar-refractivity contribution < 1.29 is 29.2 Å². The summed E-state index contributed by atoms with van der Waals surface area (Å²) in [5, 5.41) is 7.86. The van der Waals surface area contributed by atoms with Crippen molar-refractivity contribution in [3.05, 3.63) is 0 Å². The Labute approximate surface area is 62.6 Å². The van der Waals surface area contributed by atoms with Crippen molar-refractivity contribution in [1.82, 2.24) is 0 Å². The normalized spacial score (nSPS) is 8.82. The lowest BCUT2D eigenvalue weighted by atomic mass is 10.5. The van der Waals surface area contributed by atoms with Crippen molar-refractivity contribution in [3.8, 4) is 0 Å². The summed E-state index contributed by atoms with van der Waals surface area (Å²) in [6.07, 6.45) is -2.46. The van der Waals surface area contributed by atoms with E-state index in [1.54, 1.807) is 6.92 Å². The molecule has 0 heterocycles. The fraction of sp³-hybridized carbons (Fsp3) is 0.600. The maximum absolute atomic E-state index is 10.2. The zero-order valence-electron chi connectivity index (χ0n) is 5.90. The number of carbonyl (C=O) groups excluding carboxylic acids is 1. The van der Waals surface area contributed by atoms with Gasteiger partial charge in [-0.3, -0.25) is 4.89 Å². The fourth-order valence-electron chi connectivity index (χ4n) is 0.261. The van der Waals surface area contributed by atoms with Crippen molar-refractivity contribution in [2.75, 3.05) is 6.61 Å². The summed E-state index contributed by atoms with van der Waals surface area (Å²) >= 11 is 0. The van der Waals surface area contributed by atoms with Gasteiger partial charge in [0.1, 0.15) is 0 Å². The fourth-order valence-corrected chi connectivity index (χ4v) is 0.261. The zero-order chi connectivity index (χ0) is 8.69. The third kappa shape index (κ3) is 6.59. The number of hydrogen-bond donors (Lipinski definition) is 1. The van der Waals surface area contributed by atoms with E-state index in [0.717, 1.165) is 0 Å². The molecule has 0 saturated heterocycles. The van der Waals surface area contributed by atoms with E-state index in [1.165, 1.54) is 0 Å². The van der Waals surface area contributed by atoms with Gasteiger partial charge >= 0.3 is 12.3 Å². The SMILES string of the molecule is CCCOOC(=O)OC(=O)O. The average molecular weight is 164 g/mol. The molecule has 0 aromatic rings. The highest BCUT2D eigenvalue weighted by atomic mass is 17.2. The van der Waals surface area contributed by atoms with Crippen LogP contribution in [0.25, 0.3) is 0 Å². The highest BCUT2D eigenvalue weighted by molar-refractivity contribution is 5.75. The molecule has 0 spiro atoms. The molecular weight excluding hydrogens is 156 g/mol. The van der Waals surface area contributed by atoms with Crippen LogP contribution in [0, 0.1) is 0 Å². The molecule has 0 bridgehead atoms. The largest absolute Gasteiger partial charge is 0.550 e. The average Bonchev–Trinajstić information content (AvgIpc) is 1.86. The van der Waals surface area contributed by atoms with Crippen LogP contribution in [0.15, 0.2) is 0 Å². The maximum atomic E-state index is 10.2. The van der Waals surface area contributed by atoms with Crippen LogP contribution in [0.1, 0.15) is 13.3 Å². The predicted octanol–water partition coefficient (Wildman–Crippen LogP) is 1.16. The highest BCUT2D eigenvalue weighted by Gasteiger charge is 2.09. The molecule has 64 valence electrons. The molecule has 0 unspecified atom stereocenters. The van der Waals surface area contributed by atoms with Gasteiger partial charge in [0.05, 0.1) is 6.61 Å². The van der Waals surface area contributed by atoms with Crippen molar-refractivity contribution >= 4 is 12.3 Å². The minimum absolute atomic E-state index is 0.203. The molecule has 0 aromatic heterocycles. The molecule has 0 atom stereocenters. The van der Waals surface area contributed by atoms with E-state index in [2.05, 4.69) is 14.5 Å². The van der Waals surface area contributed by atoms with Crippen LogP contribution >= 0.6 is 0 Å². The number of carbonyl (C=O) groups is 2. The summed E-state index contributed by atoms with van der Waals surface area (Å²) in [5.41, 5.74) is 0. The molecule has 11 heavy (non-hydrogen) atoms. The van der Waals surface area contributed by atoms with Crippen LogP contribution in [0.3, 0.4) is 0 Å². The van der Waals surface area contributed by atoms with Crippen molar-refractivity contribution in [3.63, 3.8) is 0 Å². The molecule has 0 saturated carbocycles. The number of ether oxygens (including phenoxy) is 1. The smallest absolute Gasteiger partial charge is 0.449 e. The summed E-state index contributed by atoms with van der Waals surface area (Å²) in [6.45, 7) is 2.00. The van der Waals surface area contributed by atoms with E-state index in [0.29, 0.717) is 6.42 Å². The van der Waals surface area contributed by atoms with E-state index in [9.17, 15) is 9.59 Å². The Hall–Kier alpha value is -1.30. The van der Waals surface area contributed by atoms with Crippen LogP contribution in [0.5, 0.6) is 0 Å². The summed E-state index contributed by atoms with van der Waals surface area (Å²) in [7, 11) is 0. The lowest BCUT2D eigenvalue weighted by Crippen LogP contribution is -2.12. The van der Waals surface area contributed by atoms with E-state index < -0.39 is 12.3 Å². The Kier molecular flexibility index (Phi) is 4.83. The second-order valence-electron chi connectivity index (χ2n) is 1.52. The molecule has 6 nitrogen and oxygen atoms in total. The molecule has 0 fully saturated rings. The molecule has 0 rings (SSSR count). The molecular formula is C5H8O6. The quantitative estimate of drug-likeness (QED) is 0.221. The Bertz CT molecular complexity index is 142. The number of carboxylic acid groups (broad SMARTS) is 1. The van der Waals surface area contributed by atoms with Crippen molar-refractivity contribution in [2.45, 2.75) is 13.3 Å². The highest BCUT2D eigenvalue weighted by Crippen LogP contribution is 1.88. The molecule has 0 aliphatic carbocycles. The maximum Gasteiger partial charge on any atom is 0.550 e. The van der Waals surface area contributed by atoms with Gasteiger partial charge in [0.2, 0.25) is 0 Å². The third-order valence-electron chi connectivity index (χ3n) is 0.585. The van der Waals surface area contributed by atoms with E-state index in [1.807, 2.05) is 0 Å². The van der Waals surface area contributed by atoms with Gasteiger partial charge in [-0.1, -0.05) is 6.92 Å². The molecule has 0 aromatic carbocycles. The van der Waals surface area contributed by atoms with Gasteiger partial charge in [0.25, 0.3) is 0 Å². The van der Waals surface area contributed by atoms with Gasteiger partial charge in [-0.25, -0.2) is 9.59 Å². The first-order chi connectivity index (χ1) is 5.16. The minimum Gasteiger partial charge on any atom is -0.449 e. The Morgan fingerprint density at radius 2 is 2.09 bits per heavy atom. The second kappa shape index (κ2) is 5.48. The van der Waals surface area contributed by atoms with Gasteiger partial charge < -0.3 is 9.84 Å². The van der Waals surface area contributed by atoms with Gasteiger partial charge in [-0.05, 0) is 6.42 Å². The first-order valence-corrected chi connectivity index (χ1v) is 2.91. The van der Waals surface area contributed by atoms with Crippen LogP contribution in [-0.2, 0) is 14.5 Å². The van der Waals surface area contributed by atoms with Gasteiger partial charge in [-0.2, -0.15) is 4.89 Å². The summed E-state index contributed by atoms with van der Waals surface area (Å²) in [4.78, 5) is 27.9. The lowest BCUT2D eigenvalue weighted by Gasteiger charge is -1.98. The summed E-state index contributed by atoms with van der Waals surface area (Å²) < 4.78 is 3.53. The Morgan fingerprint density at radius 3 is 2.55 bits per heavy atom. The van der Waals surface area contributed by atoms with Gasteiger partial charge in [-0.15, -0.1) is 0 Å².